The van der Waals surface area contributed by atoms with E-state index in [0.717, 1.165) is 31.2 Å². The van der Waals surface area contributed by atoms with Crippen LogP contribution < -0.4 is 15.4 Å². The minimum absolute atomic E-state index is 0.608. The van der Waals surface area contributed by atoms with E-state index in [4.69, 9.17) is 4.74 Å². The molecule has 0 aromatic carbocycles. The Morgan fingerprint density at radius 2 is 2.30 bits per heavy atom. The van der Waals surface area contributed by atoms with Gasteiger partial charge in [0.2, 0.25) is 5.88 Å². The van der Waals surface area contributed by atoms with E-state index in [1.165, 1.54) is 19.4 Å². The fourth-order valence-corrected chi connectivity index (χ4v) is 2.93. The van der Waals surface area contributed by atoms with Crippen LogP contribution in [0.1, 0.15) is 32.3 Å². The van der Waals surface area contributed by atoms with E-state index in [0.29, 0.717) is 18.5 Å². The van der Waals surface area contributed by atoms with E-state index in [9.17, 15) is 0 Å². The summed E-state index contributed by atoms with van der Waals surface area (Å²) in [6, 6.07) is 4.50. The Hall–Kier alpha value is -1.82. The van der Waals surface area contributed by atoms with Crippen molar-refractivity contribution < 1.29 is 4.74 Å². The molecule has 0 radical (unpaired) electrons. The molecule has 2 N–H and O–H groups in total. The normalized spacial score (nSPS) is 18.9. The smallest absolute Gasteiger partial charge is 0.213 e. The molecule has 0 amide bonds. The van der Waals surface area contributed by atoms with Crippen molar-refractivity contribution in [3.05, 3.63) is 23.9 Å². The monoisotopic (exact) mass is 319 g/mol. The molecule has 0 saturated carbocycles. The van der Waals surface area contributed by atoms with Crippen LogP contribution in [0, 0.1) is 0 Å². The van der Waals surface area contributed by atoms with E-state index in [2.05, 4.69) is 39.4 Å². The molecule has 1 saturated heterocycles. The highest BCUT2D eigenvalue weighted by Gasteiger charge is 2.22. The van der Waals surface area contributed by atoms with Gasteiger partial charge >= 0.3 is 0 Å². The van der Waals surface area contributed by atoms with Gasteiger partial charge in [-0.2, -0.15) is 0 Å². The van der Waals surface area contributed by atoms with Crippen molar-refractivity contribution in [1.82, 2.24) is 20.5 Å². The van der Waals surface area contributed by atoms with Gasteiger partial charge in [-0.15, -0.1) is 0 Å². The van der Waals surface area contributed by atoms with Gasteiger partial charge in [0.1, 0.15) is 0 Å². The van der Waals surface area contributed by atoms with Crippen LogP contribution in [0.15, 0.2) is 23.3 Å². The fourth-order valence-electron chi connectivity index (χ4n) is 2.93. The molecule has 0 spiro atoms. The Morgan fingerprint density at radius 1 is 1.43 bits per heavy atom. The predicted octanol–water partition coefficient (Wildman–Crippen LogP) is 1.63. The number of likely N-dealkylation sites (N-methyl/N-ethyl adjacent to an activating group) is 1. The zero-order chi connectivity index (χ0) is 16.5. The van der Waals surface area contributed by atoms with E-state index in [-0.39, 0.29) is 0 Å². The van der Waals surface area contributed by atoms with E-state index in [1.807, 2.05) is 12.1 Å². The third kappa shape index (κ3) is 5.39. The molecule has 1 aliphatic heterocycles. The molecule has 1 aliphatic rings. The number of hydrogen-bond donors (Lipinski definition) is 2. The largest absolute Gasteiger partial charge is 0.481 e. The topological polar surface area (TPSA) is 61.8 Å². The van der Waals surface area contributed by atoms with Gasteiger partial charge in [-0.3, -0.25) is 4.90 Å². The van der Waals surface area contributed by atoms with Gasteiger partial charge in [-0.05, 0) is 44.5 Å². The van der Waals surface area contributed by atoms with Gasteiger partial charge in [-0.1, -0.05) is 6.92 Å². The summed E-state index contributed by atoms with van der Waals surface area (Å²) in [6.07, 6.45) is 4.31. The van der Waals surface area contributed by atoms with E-state index >= 15 is 0 Å². The Bertz CT molecular complexity index is 506. The van der Waals surface area contributed by atoms with Gasteiger partial charge in [0.15, 0.2) is 5.96 Å². The van der Waals surface area contributed by atoms with Gasteiger partial charge in [0.25, 0.3) is 0 Å². The Morgan fingerprint density at radius 3 is 3.04 bits per heavy atom. The zero-order valence-corrected chi connectivity index (χ0v) is 14.5. The number of nitrogens with zero attached hydrogens (tertiary/aromatic N) is 3. The highest BCUT2D eigenvalue weighted by atomic mass is 16.5. The lowest BCUT2D eigenvalue weighted by atomic mass is 10.2. The van der Waals surface area contributed by atoms with Gasteiger partial charge in [0, 0.05) is 31.4 Å². The maximum Gasteiger partial charge on any atom is 0.213 e. The van der Waals surface area contributed by atoms with Crippen molar-refractivity contribution in [1.29, 1.82) is 0 Å². The minimum Gasteiger partial charge on any atom is -0.481 e. The lowest BCUT2D eigenvalue weighted by molar-refractivity contribution is 0.267. The molecule has 23 heavy (non-hydrogen) atoms. The van der Waals surface area contributed by atoms with Crippen molar-refractivity contribution in [2.24, 2.45) is 4.99 Å². The van der Waals surface area contributed by atoms with Crippen LogP contribution in [0.2, 0.25) is 0 Å². The molecular weight excluding hydrogens is 290 g/mol. The number of guanidine groups is 1. The molecule has 1 atom stereocenters. The summed E-state index contributed by atoms with van der Waals surface area (Å²) in [7, 11) is 1.63. The molecule has 1 aromatic rings. The van der Waals surface area contributed by atoms with Crippen LogP contribution in [0.4, 0.5) is 0 Å². The van der Waals surface area contributed by atoms with Crippen molar-refractivity contribution in [3.63, 3.8) is 0 Å². The number of likely N-dealkylation sites (tertiary alicyclic amines) is 1. The first-order valence-corrected chi connectivity index (χ1v) is 8.52. The Kier molecular flexibility index (Phi) is 7.13. The summed E-state index contributed by atoms with van der Waals surface area (Å²) in [5.41, 5.74) is 1.09. The molecule has 6 nitrogen and oxygen atoms in total. The van der Waals surface area contributed by atoms with Crippen molar-refractivity contribution in [3.8, 4) is 5.88 Å². The molecule has 1 aromatic heterocycles. The molecule has 2 heterocycles. The molecular formula is C17H29N5O. The number of nitrogens with one attached hydrogen (secondary N) is 2. The summed E-state index contributed by atoms with van der Waals surface area (Å²) in [6.45, 7) is 9.06. The maximum atomic E-state index is 5.15. The Balaban J connectivity index is 1.91. The van der Waals surface area contributed by atoms with Crippen LogP contribution in [0.3, 0.4) is 0 Å². The summed E-state index contributed by atoms with van der Waals surface area (Å²) in [5.74, 6) is 1.49. The highest BCUT2D eigenvalue weighted by molar-refractivity contribution is 5.79. The second-order valence-corrected chi connectivity index (χ2v) is 5.71. The second-order valence-electron chi connectivity index (χ2n) is 5.71. The first-order valence-electron chi connectivity index (χ1n) is 8.52. The molecule has 0 aliphatic carbocycles. The fraction of sp³-hybridized carbons (Fsp3) is 0.647. The summed E-state index contributed by atoms with van der Waals surface area (Å²) >= 11 is 0. The van der Waals surface area contributed by atoms with Crippen molar-refractivity contribution >= 4 is 5.96 Å². The predicted molar refractivity (Wildman–Crippen MR) is 93.9 cm³/mol. The average molecular weight is 319 g/mol. The standard InChI is InChI=1S/C17H29N5O/c1-4-18-17(21-13-15-7-6-10-22(15)5-2)20-12-14-8-9-19-16(11-14)23-3/h8-9,11,15H,4-7,10,12-13H2,1-3H3,(H2,18,20,21). The second kappa shape index (κ2) is 9.35. The highest BCUT2D eigenvalue weighted by Crippen LogP contribution is 2.15. The molecule has 128 valence electrons. The molecule has 6 heteroatoms. The van der Waals surface area contributed by atoms with Gasteiger partial charge < -0.3 is 15.4 Å². The van der Waals surface area contributed by atoms with E-state index in [1.54, 1.807) is 13.3 Å². The number of ether oxygens (including phenoxy) is 1. The van der Waals surface area contributed by atoms with Crippen molar-refractivity contribution in [2.75, 3.05) is 33.3 Å². The number of methoxy groups -OCH3 is 1. The molecule has 1 unspecified atom stereocenters. The molecule has 1 fully saturated rings. The number of pyridine rings is 1. The third-order valence-corrected chi connectivity index (χ3v) is 4.18. The lowest BCUT2D eigenvalue weighted by Crippen LogP contribution is -2.44. The van der Waals surface area contributed by atoms with E-state index < -0.39 is 0 Å². The summed E-state index contributed by atoms with van der Waals surface area (Å²) < 4.78 is 5.15. The van der Waals surface area contributed by atoms with Crippen LogP contribution in [0.5, 0.6) is 5.88 Å². The molecule has 2 rings (SSSR count). The SMILES string of the molecule is CCNC(=NCc1ccnc(OC)c1)NCC1CCCN1CC. The summed E-state index contributed by atoms with van der Waals surface area (Å²) in [4.78, 5) is 11.3. The number of hydrogen-bond acceptors (Lipinski definition) is 4. The maximum absolute atomic E-state index is 5.15. The molecule has 0 bridgehead atoms. The van der Waals surface area contributed by atoms with Crippen LogP contribution >= 0.6 is 0 Å². The quantitative estimate of drug-likeness (QED) is 0.591. The first-order chi connectivity index (χ1) is 11.3. The first kappa shape index (κ1) is 17.5. The number of aromatic nitrogens is 1. The van der Waals surface area contributed by atoms with Gasteiger partial charge in [-0.25, -0.2) is 9.98 Å². The van der Waals surface area contributed by atoms with Crippen LogP contribution in [0.25, 0.3) is 0 Å². The zero-order valence-electron chi connectivity index (χ0n) is 14.5. The van der Waals surface area contributed by atoms with Crippen LogP contribution in [-0.4, -0.2) is 55.2 Å². The Labute approximate surface area is 139 Å². The van der Waals surface area contributed by atoms with Crippen LogP contribution in [-0.2, 0) is 6.54 Å². The number of rotatable bonds is 7. The summed E-state index contributed by atoms with van der Waals surface area (Å²) in [5, 5.41) is 6.79. The third-order valence-electron chi connectivity index (χ3n) is 4.18. The van der Waals surface area contributed by atoms with Crippen molar-refractivity contribution in [2.45, 2.75) is 39.3 Å². The number of aliphatic imine (C=N–C) groups is 1. The van der Waals surface area contributed by atoms with Gasteiger partial charge in [0.05, 0.1) is 13.7 Å². The average Bonchev–Trinajstić information content (AvgIpc) is 3.05. The minimum atomic E-state index is 0.608. The lowest BCUT2D eigenvalue weighted by Gasteiger charge is -2.24.